The van der Waals surface area contributed by atoms with Gasteiger partial charge in [0, 0.05) is 38.9 Å². The van der Waals surface area contributed by atoms with E-state index in [9.17, 15) is 18.0 Å². The normalized spacial score (nSPS) is 17.0. The van der Waals surface area contributed by atoms with Gasteiger partial charge in [0.2, 0.25) is 5.91 Å². The maximum atomic E-state index is 12.9. The Morgan fingerprint density at radius 2 is 1.93 bits per heavy atom. The van der Waals surface area contributed by atoms with Crippen LogP contribution in [0.1, 0.15) is 29.8 Å². The summed E-state index contributed by atoms with van der Waals surface area (Å²) in [5.41, 5.74) is 0.818. The fourth-order valence-electron chi connectivity index (χ4n) is 3.27. The van der Waals surface area contributed by atoms with Crippen LogP contribution in [-0.2, 0) is 17.5 Å². The molecule has 9 heteroatoms. The van der Waals surface area contributed by atoms with Crippen LogP contribution in [0.5, 0.6) is 0 Å². The first-order valence-electron chi connectivity index (χ1n) is 9.03. The first-order chi connectivity index (χ1) is 13.1. The van der Waals surface area contributed by atoms with Gasteiger partial charge in [-0.15, -0.1) is 0 Å². The van der Waals surface area contributed by atoms with Crippen LogP contribution in [0.2, 0.25) is 0 Å². The van der Waals surface area contributed by atoms with Crippen LogP contribution in [0.4, 0.5) is 13.2 Å². The first kappa shape index (κ1) is 20.9. The Kier molecular flexibility index (Phi) is 6.14. The highest BCUT2D eigenvalue weighted by Crippen LogP contribution is 2.30. The number of aromatic nitrogens is 2. The van der Waals surface area contributed by atoms with Gasteiger partial charge in [0.15, 0.2) is 0 Å². The smallest absolute Gasteiger partial charge is 0.338 e. The molecular weight excluding hydrogens is 437 g/mol. The van der Waals surface area contributed by atoms with Crippen molar-refractivity contribution in [1.82, 2.24) is 19.6 Å². The van der Waals surface area contributed by atoms with E-state index in [1.54, 1.807) is 21.8 Å². The average Bonchev–Trinajstić information content (AvgIpc) is 2.99. The van der Waals surface area contributed by atoms with Gasteiger partial charge >= 0.3 is 6.18 Å². The number of amides is 1. The quantitative estimate of drug-likeness (QED) is 0.697. The molecule has 3 rings (SSSR count). The number of halogens is 4. The average molecular weight is 459 g/mol. The van der Waals surface area contributed by atoms with Crippen LogP contribution < -0.4 is 0 Å². The lowest BCUT2D eigenvalue weighted by Gasteiger charge is -2.36. The zero-order valence-electron chi connectivity index (χ0n) is 15.7. The van der Waals surface area contributed by atoms with Gasteiger partial charge in [-0.2, -0.15) is 18.3 Å². The lowest BCUT2D eigenvalue weighted by Crippen LogP contribution is -2.50. The topological polar surface area (TPSA) is 41.4 Å². The molecule has 5 nitrogen and oxygen atoms in total. The molecule has 0 saturated carbocycles. The van der Waals surface area contributed by atoms with Gasteiger partial charge in [0.05, 0.1) is 15.7 Å². The third-order valence-corrected chi connectivity index (χ3v) is 5.73. The Morgan fingerprint density at radius 1 is 1.25 bits per heavy atom. The fraction of sp³-hybridized carbons (Fsp3) is 0.474. The van der Waals surface area contributed by atoms with Crippen molar-refractivity contribution in [3.05, 3.63) is 51.8 Å². The van der Waals surface area contributed by atoms with E-state index in [2.05, 4.69) is 25.9 Å². The minimum atomic E-state index is -4.34. The molecule has 1 aromatic carbocycles. The number of hydrogen-bond donors (Lipinski definition) is 0. The van der Waals surface area contributed by atoms with Crippen LogP contribution >= 0.6 is 15.9 Å². The molecule has 1 aliphatic heterocycles. The number of nitrogens with zero attached hydrogens (tertiary/aromatic N) is 4. The van der Waals surface area contributed by atoms with E-state index >= 15 is 0 Å². The molecule has 0 radical (unpaired) electrons. The van der Waals surface area contributed by atoms with Crippen molar-refractivity contribution >= 4 is 21.8 Å². The van der Waals surface area contributed by atoms with Crippen LogP contribution in [0.15, 0.2) is 34.9 Å². The molecule has 1 aliphatic rings. The monoisotopic (exact) mass is 458 g/mol. The van der Waals surface area contributed by atoms with Gasteiger partial charge in [-0.1, -0.05) is 18.2 Å². The Labute approximate surface area is 170 Å². The highest BCUT2D eigenvalue weighted by molar-refractivity contribution is 9.10. The van der Waals surface area contributed by atoms with Crippen molar-refractivity contribution in [2.24, 2.45) is 0 Å². The van der Waals surface area contributed by atoms with Crippen LogP contribution in [0.25, 0.3) is 0 Å². The van der Waals surface area contributed by atoms with Crippen LogP contribution in [-0.4, -0.2) is 51.7 Å². The molecule has 2 heterocycles. The van der Waals surface area contributed by atoms with Gasteiger partial charge in [0.1, 0.15) is 6.04 Å². The van der Waals surface area contributed by atoms with E-state index < -0.39 is 17.8 Å². The standard InChI is InChI=1S/C19H22BrF3N4O/c1-13-17(20)12-27(24-13)14(2)18(28)26-8-6-25(7-9-26)11-15-4-3-5-16(10-15)19(21,22)23/h3-5,10,12,14H,6-9,11H2,1-2H3. The molecule has 2 aromatic rings. The van der Waals surface area contributed by atoms with Gasteiger partial charge in [-0.25, -0.2) is 0 Å². The number of hydrogen-bond acceptors (Lipinski definition) is 3. The zero-order valence-corrected chi connectivity index (χ0v) is 17.3. The fourth-order valence-corrected chi connectivity index (χ4v) is 3.55. The molecular formula is C19H22BrF3N4O. The predicted molar refractivity (Wildman–Crippen MR) is 103 cm³/mol. The number of rotatable bonds is 4. The van der Waals surface area contributed by atoms with E-state index in [0.717, 1.165) is 16.2 Å². The van der Waals surface area contributed by atoms with E-state index in [0.29, 0.717) is 38.3 Å². The minimum absolute atomic E-state index is 0.00582. The van der Waals surface area contributed by atoms with Crippen molar-refractivity contribution in [2.45, 2.75) is 32.6 Å². The van der Waals surface area contributed by atoms with Gasteiger partial charge in [-0.3, -0.25) is 14.4 Å². The molecule has 0 aliphatic carbocycles. The molecule has 0 bridgehead atoms. The number of carbonyl (C=O) groups is 1. The Morgan fingerprint density at radius 3 is 2.50 bits per heavy atom. The van der Waals surface area contributed by atoms with Crippen molar-refractivity contribution in [3.63, 3.8) is 0 Å². The lowest BCUT2D eigenvalue weighted by atomic mass is 10.1. The molecule has 0 spiro atoms. The van der Waals surface area contributed by atoms with E-state index in [1.807, 2.05) is 13.8 Å². The second kappa shape index (κ2) is 8.24. The predicted octanol–water partition coefficient (Wildman–Crippen LogP) is 3.88. The van der Waals surface area contributed by atoms with Gasteiger partial charge < -0.3 is 4.90 Å². The summed E-state index contributed by atoms with van der Waals surface area (Å²) in [6, 6.07) is 5.00. The summed E-state index contributed by atoms with van der Waals surface area (Å²) in [4.78, 5) is 16.6. The molecule has 1 saturated heterocycles. The lowest BCUT2D eigenvalue weighted by molar-refractivity contribution is -0.138. The molecule has 1 aromatic heterocycles. The summed E-state index contributed by atoms with van der Waals surface area (Å²) in [6.07, 6.45) is -2.54. The molecule has 1 fully saturated rings. The van der Waals surface area contributed by atoms with E-state index in [-0.39, 0.29) is 5.91 Å². The Balaban J connectivity index is 1.56. The van der Waals surface area contributed by atoms with E-state index in [1.165, 1.54) is 12.1 Å². The highest BCUT2D eigenvalue weighted by atomic mass is 79.9. The second-order valence-electron chi connectivity index (χ2n) is 7.02. The molecule has 28 heavy (non-hydrogen) atoms. The molecule has 1 amide bonds. The van der Waals surface area contributed by atoms with Gasteiger partial charge in [-0.05, 0) is 41.4 Å². The number of alkyl halides is 3. The highest BCUT2D eigenvalue weighted by Gasteiger charge is 2.31. The van der Waals surface area contributed by atoms with E-state index in [4.69, 9.17) is 0 Å². The molecule has 1 atom stereocenters. The maximum absolute atomic E-state index is 12.9. The third kappa shape index (κ3) is 4.75. The largest absolute Gasteiger partial charge is 0.416 e. The molecule has 0 N–H and O–H groups in total. The van der Waals surface area contributed by atoms with Crippen LogP contribution in [0, 0.1) is 6.92 Å². The molecule has 1 unspecified atom stereocenters. The summed E-state index contributed by atoms with van der Waals surface area (Å²) in [6.45, 7) is 6.45. The summed E-state index contributed by atoms with van der Waals surface area (Å²) in [5.74, 6) is -0.00582. The number of benzene rings is 1. The van der Waals surface area contributed by atoms with Crippen molar-refractivity contribution in [3.8, 4) is 0 Å². The number of aryl methyl sites for hydroxylation is 1. The first-order valence-corrected chi connectivity index (χ1v) is 9.83. The van der Waals surface area contributed by atoms with Crippen LogP contribution in [0.3, 0.4) is 0 Å². The maximum Gasteiger partial charge on any atom is 0.416 e. The van der Waals surface area contributed by atoms with Gasteiger partial charge in [0.25, 0.3) is 0 Å². The zero-order chi connectivity index (χ0) is 20.5. The van der Waals surface area contributed by atoms with Crippen molar-refractivity contribution in [2.75, 3.05) is 26.2 Å². The van der Waals surface area contributed by atoms with Crippen molar-refractivity contribution < 1.29 is 18.0 Å². The minimum Gasteiger partial charge on any atom is -0.338 e. The Hall–Kier alpha value is -1.87. The SMILES string of the molecule is Cc1nn(C(C)C(=O)N2CCN(Cc3cccc(C(F)(F)F)c3)CC2)cc1Br. The number of piperazine rings is 1. The molecule has 152 valence electrons. The summed E-state index contributed by atoms with van der Waals surface area (Å²) in [7, 11) is 0. The Bertz CT molecular complexity index is 824. The summed E-state index contributed by atoms with van der Waals surface area (Å²) < 4.78 is 41.1. The third-order valence-electron chi connectivity index (χ3n) is 4.96. The summed E-state index contributed by atoms with van der Waals surface area (Å²) >= 11 is 3.40. The number of carbonyl (C=O) groups excluding carboxylic acids is 1. The summed E-state index contributed by atoms with van der Waals surface area (Å²) in [5, 5.41) is 4.34. The van der Waals surface area contributed by atoms with Crippen molar-refractivity contribution in [1.29, 1.82) is 0 Å². The second-order valence-corrected chi connectivity index (χ2v) is 7.87.